The zero-order chi connectivity index (χ0) is 17.3. The predicted octanol–water partition coefficient (Wildman–Crippen LogP) is 1.91. The third kappa shape index (κ3) is 7.87. The van der Waals surface area contributed by atoms with Crippen LogP contribution in [0.4, 0.5) is 0 Å². The lowest BCUT2D eigenvalue weighted by Crippen LogP contribution is -2.52. The number of rotatable bonds is 7. The Morgan fingerprint density at radius 3 is 2.72 bits per heavy atom. The highest BCUT2D eigenvalue weighted by atomic mass is 127. The van der Waals surface area contributed by atoms with E-state index in [1.165, 1.54) is 5.56 Å². The highest BCUT2D eigenvalue weighted by Crippen LogP contribution is 2.16. The van der Waals surface area contributed by atoms with Crippen LogP contribution >= 0.6 is 24.0 Å². The smallest absolute Gasteiger partial charge is 0.191 e. The Morgan fingerprint density at radius 1 is 1.32 bits per heavy atom. The minimum Gasteiger partial charge on any atom is -0.379 e. The lowest BCUT2D eigenvalue weighted by Gasteiger charge is -2.39. The molecule has 0 aliphatic carbocycles. The number of aromatic nitrogens is 1. The number of pyridine rings is 1. The van der Waals surface area contributed by atoms with Crippen molar-refractivity contribution in [2.45, 2.75) is 32.7 Å². The van der Waals surface area contributed by atoms with E-state index in [0.29, 0.717) is 0 Å². The van der Waals surface area contributed by atoms with Gasteiger partial charge in [0.05, 0.1) is 19.8 Å². The number of morpholine rings is 1. The molecule has 142 valence electrons. The molecule has 1 saturated heterocycles. The first-order valence-corrected chi connectivity index (χ1v) is 8.85. The first kappa shape index (κ1) is 22.1. The Balaban J connectivity index is 0.00000312. The molecule has 7 heteroatoms. The molecule has 2 rings (SSSR count). The number of guanidine groups is 1. The molecule has 0 radical (unpaired) electrons. The van der Waals surface area contributed by atoms with Gasteiger partial charge in [-0.1, -0.05) is 6.07 Å². The second-order valence-corrected chi connectivity index (χ2v) is 6.65. The number of nitrogens with zero attached hydrogens (tertiary/aromatic N) is 3. The Hall–Kier alpha value is -0.930. The highest BCUT2D eigenvalue weighted by molar-refractivity contribution is 14.0. The SMILES string of the molecule is CCNC(=NCC(C)(C)N1CCOCC1)NCCc1cccnc1.I. The lowest BCUT2D eigenvalue weighted by molar-refractivity contribution is -0.00683. The third-order valence-corrected chi connectivity index (χ3v) is 4.26. The number of hydrogen-bond donors (Lipinski definition) is 2. The van der Waals surface area contributed by atoms with Crippen LogP contribution in [0.5, 0.6) is 0 Å². The van der Waals surface area contributed by atoms with Crippen LogP contribution in [0.3, 0.4) is 0 Å². The molecule has 25 heavy (non-hydrogen) atoms. The maximum absolute atomic E-state index is 5.45. The van der Waals surface area contributed by atoms with Gasteiger partial charge < -0.3 is 15.4 Å². The first-order valence-electron chi connectivity index (χ1n) is 8.85. The molecule has 1 aliphatic heterocycles. The molecular formula is C18H32IN5O. The molecule has 2 N–H and O–H groups in total. The molecule has 2 heterocycles. The molecule has 0 bridgehead atoms. The van der Waals surface area contributed by atoms with Crippen LogP contribution in [0.25, 0.3) is 0 Å². The van der Waals surface area contributed by atoms with Gasteiger partial charge in [-0.25, -0.2) is 0 Å². The van der Waals surface area contributed by atoms with Crippen molar-refractivity contribution in [3.63, 3.8) is 0 Å². The summed E-state index contributed by atoms with van der Waals surface area (Å²) >= 11 is 0. The number of ether oxygens (including phenoxy) is 1. The van der Waals surface area contributed by atoms with E-state index < -0.39 is 0 Å². The molecule has 0 spiro atoms. The average Bonchev–Trinajstić information content (AvgIpc) is 2.61. The minimum absolute atomic E-state index is 0. The molecule has 0 atom stereocenters. The number of nitrogens with one attached hydrogen (secondary N) is 2. The van der Waals surface area contributed by atoms with E-state index in [2.05, 4.69) is 47.4 Å². The van der Waals surface area contributed by atoms with Crippen LogP contribution in [0.1, 0.15) is 26.3 Å². The summed E-state index contributed by atoms with van der Waals surface area (Å²) in [6.07, 6.45) is 4.65. The number of hydrogen-bond acceptors (Lipinski definition) is 4. The monoisotopic (exact) mass is 461 g/mol. The molecule has 0 amide bonds. The normalized spacial score (nSPS) is 16.2. The van der Waals surface area contributed by atoms with E-state index in [4.69, 9.17) is 9.73 Å². The predicted molar refractivity (Wildman–Crippen MR) is 114 cm³/mol. The van der Waals surface area contributed by atoms with Gasteiger partial charge in [-0.2, -0.15) is 0 Å². The van der Waals surface area contributed by atoms with Gasteiger partial charge in [-0.05, 0) is 38.8 Å². The molecule has 1 aromatic heterocycles. The van der Waals surface area contributed by atoms with Gasteiger partial charge >= 0.3 is 0 Å². The first-order chi connectivity index (χ1) is 11.6. The minimum atomic E-state index is 0. The van der Waals surface area contributed by atoms with Crippen LogP contribution in [0.2, 0.25) is 0 Å². The van der Waals surface area contributed by atoms with Crippen molar-refractivity contribution in [1.29, 1.82) is 0 Å². The summed E-state index contributed by atoms with van der Waals surface area (Å²) in [6.45, 7) is 12.6. The van der Waals surface area contributed by atoms with E-state index in [0.717, 1.165) is 58.3 Å². The summed E-state index contributed by atoms with van der Waals surface area (Å²) in [7, 11) is 0. The van der Waals surface area contributed by atoms with E-state index in [9.17, 15) is 0 Å². The maximum atomic E-state index is 5.45. The summed E-state index contributed by atoms with van der Waals surface area (Å²) in [5, 5.41) is 6.74. The highest BCUT2D eigenvalue weighted by Gasteiger charge is 2.27. The van der Waals surface area contributed by atoms with E-state index >= 15 is 0 Å². The van der Waals surface area contributed by atoms with Gasteiger partial charge in [-0.15, -0.1) is 24.0 Å². The van der Waals surface area contributed by atoms with Crippen LogP contribution in [-0.4, -0.2) is 67.3 Å². The number of aliphatic imine (C=N–C) groups is 1. The van der Waals surface area contributed by atoms with Crippen molar-refractivity contribution in [2.24, 2.45) is 4.99 Å². The van der Waals surface area contributed by atoms with Crippen LogP contribution in [0.15, 0.2) is 29.5 Å². The fourth-order valence-electron chi connectivity index (χ4n) is 2.75. The zero-order valence-electron chi connectivity index (χ0n) is 15.6. The summed E-state index contributed by atoms with van der Waals surface area (Å²) in [5.74, 6) is 0.878. The molecule has 1 fully saturated rings. The van der Waals surface area contributed by atoms with Crippen molar-refractivity contribution < 1.29 is 4.74 Å². The zero-order valence-corrected chi connectivity index (χ0v) is 18.0. The van der Waals surface area contributed by atoms with Crippen molar-refractivity contribution in [1.82, 2.24) is 20.5 Å². The molecule has 1 aliphatic rings. The van der Waals surface area contributed by atoms with Crippen molar-refractivity contribution in [3.8, 4) is 0 Å². The molecule has 1 aromatic rings. The van der Waals surface area contributed by atoms with Gasteiger partial charge in [0.15, 0.2) is 5.96 Å². The van der Waals surface area contributed by atoms with Crippen molar-refractivity contribution in [3.05, 3.63) is 30.1 Å². The second kappa shape index (κ2) is 11.6. The summed E-state index contributed by atoms with van der Waals surface area (Å²) in [6, 6.07) is 4.07. The quantitative estimate of drug-likeness (QED) is 0.369. The largest absolute Gasteiger partial charge is 0.379 e. The van der Waals surface area contributed by atoms with E-state index in [1.54, 1.807) is 6.20 Å². The lowest BCUT2D eigenvalue weighted by atomic mass is 10.0. The van der Waals surface area contributed by atoms with Crippen LogP contribution in [0, 0.1) is 0 Å². The van der Waals surface area contributed by atoms with Gasteiger partial charge in [0.25, 0.3) is 0 Å². The van der Waals surface area contributed by atoms with Gasteiger partial charge in [0, 0.05) is 44.1 Å². The van der Waals surface area contributed by atoms with Gasteiger partial charge in [-0.3, -0.25) is 14.9 Å². The topological polar surface area (TPSA) is 61.8 Å². The van der Waals surface area contributed by atoms with Crippen LogP contribution < -0.4 is 10.6 Å². The molecular weight excluding hydrogens is 429 g/mol. The van der Waals surface area contributed by atoms with Crippen molar-refractivity contribution in [2.75, 3.05) is 45.9 Å². The third-order valence-electron chi connectivity index (χ3n) is 4.26. The Morgan fingerprint density at radius 2 is 2.08 bits per heavy atom. The molecule has 0 aromatic carbocycles. The summed E-state index contributed by atoms with van der Waals surface area (Å²) in [5.41, 5.74) is 1.27. The fourth-order valence-corrected chi connectivity index (χ4v) is 2.75. The summed E-state index contributed by atoms with van der Waals surface area (Å²) < 4.78 is 5.45. The number of halogens is 1. The fraction of sp³-hybridized carbons (Fsp3) is 0.667. The Labute approximate surface area is 168 Å². The van der Waals surface area contributed by atoms with E-state index in [1.807, 2.05) is 12.3 Å². The van der Waals surface area contributed by atoms with E-state index in [-0.39, 0.29) is 29.5 Å². The molecule has 0 saturated carbocycles. The standard InChI is InChI=1S/C18H31N5O.HI/c1-4-20-17(21-9-7-16-6-5-8-19-14-16)22-15-18(2,3)23-10-12-24-13-11-23;/h5-6,8,14H,4,7,9-13,15H2,1-3H3,(H2,20,21,22);1H. The molecule has 6 nitrogen and oxygen atoms in total. The Kier molecular flexibility index (Phi) is 10.3. The van der Waals surface area contributed by atoms with Crippen molar-refractivity contribution >= 4 is 29.9 Å². The van der Waals surface area contributed by atoms with Gasteiger partial charge in [0.1, 0.15) is 0 Å². The van der Waals surface area contributed by atoms with Gasteiger partial charge in [0.2, 0.25) is 0 Å². The second-order valence-electron chi connectivity index (χ2n) is 6.65. The maximum Gasteiger partial charge on any atom is 0.191 e. The molecule has 0 unspecified atom stereocenters. The summed E-state index contributed by atoms with van der Waals surface area (Å²) in [4.78, 5) is 11.4. The van der Waals surface area contributed by atoms with Crippen LogP contribution in [-0.2, 0) is 11.2 Å². The Bertz CT molecular complexity index is 503. The average molecular weight is 461 g/mol.